The molecule has 0 atom stereocenters. The van der Waals surface area contributed by atoms with Gasteiger partial charge in [0.25, 0.3) is 5.91 Å². The Balaban J connectivity index is 1.24. The Hall–Kier alpha value is -2.93. The molecule has 2 aromatic carbocycles. The SMILES string of the molecule is O=C(NCCC(=O)N1CCN(c2nccs2)CC1)c1ccc2ccccc2c1. The van der Waals surface area contributed by atoms with E-state index < -0.39 is 0 Å². The standard InChI is InChI=1S/C21H22N4O2S/c26-19(24-10-12-25(13-11-24)21-23-9-14-28-21)7-8-22-20(27)18-6-5-16-3-1-2-4-17(16)15-18/h1-6,9,14-15H,7-8,10-13H2,(H,22,27). The molecule has 2 heterocycles. The van der Waals surface area contributed by atoms with Crippen LogP contribution in [0.25, 0.3) is 10.8 Å². The van der Waals surface area contributed by atoms with E-state index in [1.807, 2.05) is 52.7 Å². The second kappa shape index (κ2) is 8.39. The fourth-order valence-corrected chi connectivity index (χ4v) is 4.09. The van der Waals surface area contributed by atoms with Crippen LogP contribution < -0.4 is 10.2 Å². The number of benzene rings is 2. The van der Waals surface area contributed by atoms with Crippen molar-refractivity contribution in [2.24, 2.45) is 0 Å². The van der Waals surface area contributed by atoms with Crippen molar-refractivity contribution in [2.75, 3.05) is 37.6 Å². The Kier molecular flexibility index (Phi) is 5.53. The number of nitrogens with one attached hydrogen (secondary N) is 1. The zero-order valence-corrected chi connectivity index (χ0v) is 16.3. The number of nitrogens with zero attached hydrogens (tertiary/aromatic N) is 3. The normalized spacial score (nSPS) is 14.3. The quantitative estimate of drug-likeness (QED) is 0.723. The number of fused-ring (bicyclic) bond motifs is 1. The van der Waals surface area contributed by atoms with Gasteiger partial charge in [-0.15, -0.1) is 11.3 Å². The molecule has 144 valence electrons. The molecule has 1 N–H and O–H groups in total. The van der Waals surface area contributed by atoms with Gasteiger partial charge < -0.3 is 15.1 Å². The summed E-state index contributed by atoms with van der Waals surface area (Å²) in [7, 11) is 0. The molecule has 3 aromatic rings. The first-order valence-electron chi connectivity index (χ1n) is 9.40. The molecule has 1 aromatic heterocycles. The van der Waals surface area contributed by atoms with E-state index in [9.17, 15) is 9.59 Å². The molecule has 2 amide bonds. The fourth-order valence-electron chi connectivity index (χ4n) is 3.39. The molecule has 0 unspecified atom stereocenters. The van der Waals surface area contributed by atoms with Crippen LogP contribution in [0.15, 0.2) is 54.0 Å². The van der Waals surface area contributed by atoms with Gasteiger partial charge in [-0.05, 0) is 22.9 Å². The monoisotopic (exact) mass is 394 g/mol. The van der Waals surface area contributed by atoms with Gasteiger partial charge in [-0.1, -0.05) is 30.3 Å². The van der Waals surface area contributed by atoms with Crippen LogP contribution in [0.2, 0.25) is 0 Å². The summed E-state index contributed by atoms with van der Waals surface area (Å²) >= 11 is 1.62. The lowest BCUT2D eigenvalue weighted by atomic mass is 10.1. The summed E-state index contributed by atoms with van der Waals surface area (Å²) in [6.45, 7) is 3.32. The second-order valence-electron chi connectivity index (χ2n) is 6.75. The van der Waals surface area contributed by atoms with E-state index in [1.54, 1.807) is 17.5 Å². The van der Waals surface area contributed by atoms with Crippen LogP contribution in [-0.2, 0) is 4.79 Å². The van der Waals surface area contributed by atoms with E-state index in [4.69, 9.17) is 0 Å². The molecule has 0 spiro atoms. The summed E-state index contributed by atoms with van der Waals surface area (Å²) < 4.78 is 0. The Morgan fingerprint density at radius 3 is 2.57 bits per heavy atom. The van der Waals surface area contributed by atoms with Crippen molar-refractivity contribution in [3.63, 3.8) is 0 Å². The number of amides is 2. The molecular weight excluding hydrogens is 372 g/mol. The molecule has 28 heavy (non-hydrogen) atoms. The van der Waals surface area contributed by atoms with Crippen LogP contribution in [0.4, 0.5) is 5.13 Å². The van der Waals surface area contributed by atoms with E-state index >= 15 is 0 Å². The third-order valence-corrected chi connectivity index (χ3v) is 5.79. The number of hydrogen-bond donors (Lipinski definition) is 1. The molecule has 0 saturated carbocycles. The number of carbonyl (C=O) groups is 2. The van der Waals surface area contributed by atoms with Crippen LogP contribution in [0.5, 0.6) is 0 Å². The average molecular weight is 395 g/mol. The van der Waals surface area contributed by atoms with Crippen LogP contribution in [0.1, 0.15) is 16.8 Å². The summed E-state index contributed by atoms with van der Waals surface area (Å²) in [6, 6.07) is 13.6. The van der Waals surface area contributed by atoms with Crippen molar-refractivity contribution in [2.45, 2.75) is 6.42 Å². The van der Waals surface area contributed by atoms with Gasteiger partial charge >= 0.3 is 0 Å². The third-order valence-electron chi connectivity index (χ3n) is 4.96. The number of rotatable bonds is 5. The molecule has 1 fully saturated rings. The van der Waals surface area contributed by atoms with Gasteiger partial charge in [0.2, 0.25) is 5.91 Å². The van der Waals surface area contributed by atoms with Gasteiger partial charge in [0.15, 0.2) is 5.13 Å². The van der Waals surface area contributed by atoms with Crippen molar-refractivity contribution in [1.29, 1.82) is 0 Å². The maximum atomic E-state index is 12.4. The Morgan fingerprint density at radius 1 is 1.04 bits per heavy atom. The zero-order valence-electron chi connectivity index (χ0n) is 15.5. The predicted octanol–water partition coefficient (Wildman–Crippen LogP) is 2.77. The van der Waals surface area contributed by atoms with Crippen molar-refractivity contribution < 1.29 is 9.59 Å². The van der Waals surface area contributed by atoms with Gasteiger partial charge in [0.1, 0.15) is 0 Å². The molecule has 1 aliphatic rings. The summed E-state index contributed by atoms with van der Waals surface area (Å²) in [5, 5.41) is 7.97. The molecule has 6 nitrogen and oxygen atoms in total. The number of carbonyl (C=O) groups excluding carboxylic acids is 2. The number of hydrogen-bond acceptors (Lipinski definition) is 5. The van der Waals surface area contributed by atoms with E-state index in [0.717, 1.165) is 29.0 Å². The molecule has 1 saturated heterocycles. The highest BCUT2D eigenvalue weighted by atomic mass is 32.1. The lowest BCUT2D eigenvalue weighted by molar-refractivity contribution is -0.131. The van der Waals surface area contributed by atoms with Crippen molar-refractivity contribution in [3.8, 4) is 0 Å². The molecule has 7 heteroatoms. The van der Waals surface area contributed by atoms with Crippen molar-refractivity contribution in [3.05, 3.63) is 59.6 Å². The van der Waals surface area contributed by atoms with E-state index in [0.29, 0.717) is 31.6 Å². The van der Waals surface area contributed by atoms with E-state index in [1.165, 1.54) is 0 Å². The third kappa shape index (κ3) is 4.14. The minimum atomic E-state index is -0.146. The van der Waals surface area contributed by atoms with Crippen molar-refractivity contribution >= 4 is 39.1 Å². The Labute approximate surface area is 167 Å². The van der Waals surface area contributed by atoms with Crippen LogP contribution in [0, 0.1) is 0 Å². The van der Waals surface area contributed by atoms with E-state index in [-0.39, 0.29) is 11.8 Å². The number of thiazole rings is 1. The van der Waals surface area contributed by atoms with Gasteiger partial charge in [0, 0.05) is 56.3 Å². The molecule has 1 aliphatic heterocycles. The highest BCUT2D eigenvalue weighted by molar-refractivity contribution is 7.13. The zero-order chi connectivity index (χ0) is 19.3. The van der Waals surface area contributed by atoms with Crippen LogP contribution in [0.3, 0.4) is 0 Å². The maximum Gasteiger partial charge on any atom is 0.251 e. The minimum absolute atomic E-state index is 0.0811. The molecule has 0 aliphatic carbocycles. The first-order chi connectivity index (χ1) is 13.7. The smallest absolute Gasteiger partial charge is 0.251 e. The summed E-state index contributed by atoms with van der Waals surface area (Å²) in [6.07, 6.45) is 2.12. The fraction of sp³-hybridized carbons (Fsp3) is 0.286. The predicted molar refractivity (Wildman–Crippen MR) is 112 cm³/mol. The molecule has 0 bridgehead atoms. The van der Waals surface area contributed by atoms with Gasteiger partial charge in [-0.3, -0.25) is 9.59 Å². The molecular formula is C21H22N4O2S. The van der Waals surface area contributed by atoms with Gasteiger partial charge in [-0.25, -0.2) is 4.98 Å². The van der Waals surface area contributed by atoms with Gasteiger partial charge in [0.05, 0.1) is 0 Å². The average Bonchev–Trinajstić information content (AvgIpc) is 3.28. The topological polar surface area (TPSA) is 65.5 Å². The maximum absolute atomic E-state index is 12.4. The Morgan fingerprint density at radius 2 is 1.82 bits per heavy atom. The molecule has 4 rings (SSSR count). The number of aromatic nitrogens is 1. The first kappa shape index (κ1) is 18.4. The summed E-state index contributed by atoms with van der Waals surface area (Å²) in [5.41, 5.74) is 0.614. The summed E-state index contributed by atoms with van der Waals surface area (Å²) in [4.78, 5) is 33.2. The second-order valence-corrected chi connectivity index (χ2v) is 7.62. The van der Waals surface area contributed by atoms with Crippen LogP contribution in [-0.4, -0.2) is 54.4 Å². The van der Waals surface area contributed by atoms with E-state index in [2.05, 4.69) is 15.2 Å². The number of piperazine rings is 1. The Bertz CT molecular complexity index is 965. The first-order valence-corrected chi connectivity index (χ1v) is 10.3. The highest BCUT2D eigenvalue weighted by Crippen LogP contribution is 2.19. The lowest BCUT2D eigenvalue weighted by Gasteiger charge is -2.34. The molecule has 0 radical (unpaired) electrons. The lowest BCUT2D eigenvalue weighted by Crippen LogP contribution is -2.49. The van der Waals surface area contributed by atoms with Crippen molar-refractivity contribution in [1.82, 2.24) is 15.2 Å². The summed E-state index contributed by atoms with van der Waals surface area (Å²) in [5.74, 6) is -0.0651. The highest BCUT2D eigenvalue weighted by Gasteiger charge is 2.22. The minimum Gasteiger partial charge on any atom is -0.352 e. The van der Waals surface area contributed by atoms with Gasteiger partial charge in [-0.2, -0.15) is 0 Å². The number of anilines is 1. The largest absolute Gasteiger partial charge is 0.352 e. The van der Waals surface area contributed by atoms with Crippen LogP contribution >= 0.6 is 11.3 Å².